The van der Waals surface area contributed by atoms with Crippen LogP contribution < -0.4 is 15.4 Å². The molecule has 0 radical (unpaired) electrons. The average molecular weight is 431 g/mol. The standard InChI is InChI=1S/C22H27ClN4O3/c1-26-10-12-27(13-11-26)20(16-6-8-19(30-2)9-7-16)15-24-21(28)22(29)25-18-5-3-4-17(23)14-18/h3-9,14,20H,10-13,15H2,1-2H3,(H,24,28)(H,25,29). The van der Waals surface area contributed by atoms with Crippen molar-refractivity contribution in [2.24, 2.45) is 0 Å². The molecule has 3 rings (SSSR count). The summed E-state index contributed by atoms with van der Waals surface area (Å²) in [5, 5.41) is 5.85. The predicted molar refractivity (Wildman–Crippen MR) is 118 cm³/mol. The molecule has 0 spiro atoms. The minimum absolute atomic E-state index is 0.0347. The smallest absolute Gasteiger partial charge is 0.313 e. The first-order valence-electron chi connectivity index (χ1n) is 9.87. The van der Waals surface area contributed by atoms with E-state index in [4.69, 9.17) is 16.3 Å². The molecule has 0 bridgehead atoms. The van der Waals surface area contributed by atoms with Crippen LogP contribution in [0, 0.1) is 0 Å². The summed E-state index contributed by atoms with van der Waals surface area (Å²) < 4.78 is 5.25. The molecule has 1 fully saturated rings. The van der Waals surface area contributed by atoms with Crippen molar-refractivity contribution in [1.82, 2.24) is 15.1 Å². The highest BCUT2D eigenvalue weighted by molar-refractivity contribution is 6.39. The summed E-state index contributed by atoms with van der Waals surface area (Å²) in [5.41, 5.74) is 1.55. The first-order valence-corrected chi connectivity index (χ1v) is 10.3. The predicted octanol–water partition coefficient (Wildman–Crippen LogP) is 2.39. The maximum atomic E-state index is 12.4. The fourth-order valence-corrected chi connectivity index (χ4v) is 3.63. The fourth-order valence-electron chi connectivity index (χ4n) is 3.44. The molecule has 0 aliphatic carbocycles. The molecule has 2 aromatic rings. The summed E-state index contributed by atoms with van der Waals surface area (Å²) in [7, 11) is 3.73. The summed E-state index contributed by atoms with van der Waals surface area (Å²) in [6.07, 6.45) is 0. The second-order valence-electron chi connectivity index (χ2n) is 7.30. The van der Waals surface area contributed by atoms with Crippen molar-refractivity contribution in [2.75, 3.05) is 52.2 Å². The van der Waals surface area contributed by atoms with Crippen molar-refractivity contribution in [1.29, 1.82) is 0 Å². The van der Waals surface area contributed by atoms with Gasteiger partial charge in [-0.3, -0.25) is 14.5 Å². The van der Waals surface area contributed by atoms with Gasteiger partial charge < -0.3 is 20.3 Å². The van der Waals surface area contributed by atoms with Gasteiger partial charge in [-0.05, 0) is 42.9 Å². The van der Waals surface area contributed by atoms with Gasteiger partial charge in [0.2, 0.25) is 0 Å². The normalized spacial score (nSPS) is 16.0. The van der Waals surface area contributed by atoms with Crippen LogP contribution in [0.5, 0.6) is 5.75 Å². The van der Waals surface area contributed by atoms with Crippen LogP contribution in [0.2, 0.25) is 5.02 Å². The topological polar surface area (TPSA) is 73.9 Å². The lowest BCUT2D eigenvalue weighted by Gasteiger charge is -2.38. The molecule has 7 nitrogen and oxygen atoms in total. The Bertz CT molecular complexity index is 867. The van der Waals surface area contributed by atoms with Gasteiger partial charge in [0.1, 0.15) is 5.75 Å². The molecule has 1 atom stereocenters. The van der Waals surface area contributed by atoms with E-state index < -0.39 is 11.8 Å². The number of ether oxygens (including phenoxy) is 1. The van der Waals surface area contributed by atoms with Crippen molar-refractivity contribution in [3.05, 3.63) is 59.1 Å². The maximum absolute atomic E-state index is 12.4. The van der Waals surface area contributed by atoms with Crippen LogP contribution in [-0.4, -0.2) is 68.5 Å². The number of carbonyl (C=O) groups is 2. The second kappa shape index (κ2) is 10.4. The van der Waals surface area contributed by atoms with Crippen molar-refractivity contribution < 1.29 is 14.3 Å². The van der Waals surface area contributed by atoms with Gasteiger partial charge in [-0.2, -0.15) is 0 Å². The molecule has 0 saturated carbocycles. The zero-order chi connectivity index (χ0) is 21.5. The van der Waals surface area contributed by atoms with E-state index in [1.807, 2.05) is 24.3 Å². The maximum Gasteiger partial charge on any atom is 0.313 e. The molecule has 2 N–H and O–H groups in total. The van der Waals surface area contributed by atoms with Gasteiger partial charge in [-0.15, -0.1) is 0 Å². The quantitative estimate of drug-likeness (QED) is 0.688. The third-order valence-electron chi connectivity index (χ3n) is 5.22. The highest BCUT2D eigenvalue weighted by Crippen LogP contribution is 2.24. The molecule has 0 aromatic heterocycles. The van der Waals surface area contributed by atoms with E-state index in [0.717, 1.165) is 37.5 Å². The van der Waals surface area contributed by atoms with Crippen molar-refractivity contribution in [3.8, 4) is 5.75 Å². The number of carbonyl (C=O) groups excluding carboxylic acids is 2. The molecule has 2 aromatic carbocycles. The molecule has 1 heterocycles. The SMILES string of the molecule is COc1ccc(C(CNC(=O)C(=O)Nc2cccc(Cl)c2)N2CCN(C)CC2)cc1. The first-order chi connectivity index (χ1) is 14.5. The highest BCUT2D eigenvalue weighted by atomic mass is 35.5. The van der Waals surface area contributed by atoms with Gasteiger partial charge in [0.25, 0.3) is 0 Å². The van der Waals surface area contributed by atoms with E-state index in [9.17, 15) is 9.59 Å². The number of hydrogen-bond acceptors (Lipinski definition) is 5. The van der Waals surface area contributed by atoms with Gasteiger partial charge in [-0.25, -0.2) is 0 Å². The van der Waals surface area contributed by atoms with Crippen LogP contribution in [0.3, 0.4) is 0 Å². The number of likely N-dealkylation sites (N-methyl/N-ethyl adjacent to an activating group) is 1. The summed E-state index contributed by atoms with van der Waals surface area (Å²) in [6, 6.07) is 14.5. The first kappa shape index (κ1) is 22.1. The zero-order valence-corrected chi connectivity index (χ0v) is 18.0. The Labute approximate surface area is 181 Å². The summed E-state index contributed by atoms with van der Waals surface area (Å²) >= 11 is 5.93. The monoisotopic (exact) mass is 430 g/mol. The Balaban J connectivity index is 1.66. The van der Waals surface area contributed by atoms with Crippen LogP contribution in [0.4, 0.5) is 5.69 Å². The molecule has 160 valence electrons. The van der Waals surface area contributed by atoms with Crippen LogP contribution in [-0.2, 0) is 9.59 Å². The molecular formula is C22H27ClN4O3. The van der Waals surface area contributed by atoms with Gasteiger partial charge >= 0.3 is 11.8 Å². The Morgan fingerprint density at radius 1 is 1.07 bits per heavy atom. The molecule has 1 aliphatic heterocycles. The van der Waals surface area contributed by atoms with Gasteiger partial charge in [0.05, 0.1) is 13.2 Å². The number of benzene rings is 2. The van der Waals surface area contributed by atoms with Crippen LogP contribution in [0.25, 0.3) is 0 Å². The number of rotatable bonds is 6. The molecular weight excluding hydrogens is 404 g/mol. The van der Waals surface area contributed by atoms with E-state index in [2.05, 4.69) is 27.5 Å². The fraction of sp³-hybridized carbons (Fsp3) is 0.364. The molecule has 1 unspecified atom stereocenters. The lowest BCUT2D eigenvalue weighted by Crippen LogP contribution is -2.49. The number of hydrogen-bond donors (Lipinski definition) is 2. The third kappa shape index (κ3) is 5.95. The zero-order valence-electron chi connectivity index (χ0n) is 17.2. The summed E-state index contributed by atoms with van der Waals surface area (Å²) in [4.78, 5) is 29.3. The Morgan fingerprint density at radius 3 is 2.40 bits per heavy atom. The number of anilines is 1. The third-order valence-corrected chi connectivity index (χ3v) is 5.46. The van der Waals surface area contributed by atoms with E-state index in [1.165, 1.54) is 0 Å². The lowest BCUT2D eigenvalue weighted by molar-refractivity contribution is -0.136. The Morgan fingerprint density at radius 2 is 1.77 bits per heavy atom. The number of piperazine rings is 1. The Hall–Kier alpha value is -2.61. The number of amides is 2. The van der Waals surface area contributed by atoms with Crippen molar-refractivity contribution in [3.63, 3.8) is 0 Å². The van der Waals surface area contributed by atoms with Gasteiger partial charge in [0.15, 0.2) is 0 Å². The number of methoxy groups -OCH3 is 1. The minimum atomic E-state index is -0.718. The number of halogens is 1. The van der Waals surface area contributed by atoms with Crippen molar-refractivity contribution in [2.45, 2.75) is 6.04 Å². The largest absolute Gasteiger partial charge is 0.497 e. The summed E-state index contributed by atoms with van der Waals surface area (Å²) in [6.45, 7) is 4.01. The molecule has 30 heavy (non-hydrogen) atoms. The second-order valence-corrected chi connectivity index (χ2v) is 7.74. The molecule has 8 heteroatoms. The minimum Gasteiger partial charge on any atom is -0.497 e. The van der Waals surface area contributed by atoms with E-state index in [-0.39, 0.29) is 6.04 Å². The van der Waals surface area contributed by atoms with Gasteiger partial charge in [-0.1, -0.05) is 29.8 Å². The number of nitrogens with zero attached hydrogens (tertiary/aromatic N) is 2. The lowest BCUT2D eigenvalue weighted by atomic mass is 10.0. The number of nitrogens with one attached hydrogen (secondary N) is 2. The molecule has 2 amide bonds. The van der Waals surface area contributed by atoms with Gasteiger partial charge in [0, 0.05) is 43.4 Å². The average Bonchev–Trinajstić information content (AvgIpc) is 2.75. The van der Waals surface area contributed by atoms with E-state index in [1.54, 1.807) is 31.4 Å². The molecule has 1 aliphatic rings. The van der Waals surface area contributed by atoms with E-state index in [0.29, 0.717) is 17.3 Å². The Kier molecular flexibility index (Phi) is 7.68. The van der Waals surface area contributed by atoms with Crippen LogP contribution in [0.15, 0.2) is 48.5 Å². The van der Waals surface area contributed by atoms with E-state index >= 15 is 0 Å². The summed E-state index contributed by atoms with van der Waals surface area (Å²) in [5.74, 6) is -0.618. The van der Waals surface area contributed by atoms with Crippen LogP contribution >= 0.6 is 11.6 Å². The highest BCUT2D eigenvalue weighted by Gasteiger charge is 2.25. The van der Waals surface area contributed by atoms with Crippen molar-refractivity contribution >= 4 is 29.1 Å². The molecule has 1 saturated heterocycles. The van der Waals surface area contributed by atoms with Crippen LogP contribution in [0.1, 0.15) is 11.6 Å².